The highest BCUT2D eigenvalue weighted by Gasteiger charge is 2.51. The van der Waals surface area contributed by atoms with E-state index in [4.69, 9.17) is 11.6 Å². The number of carbonyl (C=O) groups is 3. The Morgan fingerprint density at radius 3 is 2.37 bits per heavy atom. The van der Waals surface area contributed by atoms with Crippen LogP contribution in [0.2, 0.25) is 5.02 Å². The maximum Gasteiger partial charge on any atom is 0.247 e. The van der Waals surface area contributed by atoms with Gasteiger partial charge in [-0.05, 0) is 60.2 Å². The van der Waals surface area contributed by atoms with Crippen LogP contribution in [-0.2, 0) is 33.8 Å². The second-order valence-corrected chi connectivity index (χ2v) is 11.5. The minimum absolute atomic E-state index is 0.00289. The Morgan fingerprint density at radius 2 is 1.63 bits per heavy atom. The highest BCUT2D eigenvalue weighted by molar-refractivity contribution is 6.30. The molecule has 212 valence electrons. The minimum atomic E-state index is -0.737. The van der Waals surface area contributed by atoms with E-state index >= 15 is 0 Å². The molecule has 0 aliphatic carbocycles. The van der Waals surface area contributed by atoms with Crippen molar-refractivity contribution < 1.29 is 14.4 Å². The first kappa shape index (κ1) is 27.3. The first-order valence-electron chi connectivity index (χ1n) is 14.2. The Balaban J connectivity index is 1.17. The van der Waals surface area contributed by atoms with Crippen LogP contribution >= 0.6 is 11.6 Å². The topological polar surface area (TPSA) is 93.8 Å². The van der Waals surface area contributed by atoms with Crippen molar-refractivity contribution in [1.82, 2.24) is 20.9 Å². The third-order valence-corrected chi connectivity index (χ3v) is 8.92. The van der Waals surface area contributed by atoms with Gasteiger partial charge in [-0.15, -0.1) is 0 Å². The number of benzene rings is 3. The zero-order chi connectivity index (χ0) is 28.4. The van der Waals surface area contributed by atoms with Gasteiger partial charge in [-0.1, -0.05) is 66.2 Å². The van der Waals surface area contributed by atoms with Crippen molar-refractivity contribution in [2.75, 3.05) is 24.7 Å². The average molecular weight is 572 g/mol. The van der Waals surface area contributed by atoms with E-state index < -0.39 is 17.6 Å². The molecule has 3 amide bonds. The molecular formula is C32H34ClN5O3. The monoisotopic (exact) mass is 571 g/mol. The van der Waals surface area contributed by atoms with Gasteiger partial charge in [-0.25, -0.2) is 0 Å². The van der Waals surface area contributed by atoms with Crippen LogP contribution in [0.3, 0.4) is 0 Å². The number of nitrogens with zero attached hydrogens (tertiary/aromatic N) is 2. The van der Waals surface area contributed by atoms with E-state index in [1.54, 1.807) is 17.0 Å². The fraction of sp³-hybridized carbons (Fsp3) is 0.344. The maximum atomic E-state index is 14.0. The molecule has 1 spiro atoms. The Bertz CT molecular complexity index is 1420. The van der Waals surface area contributed by atoms with Crippen LogP contribution in [0.5, 0.6) is 0 Å². The van der Waals surface area contributed by atoms with E-state index in [9.17, 15) is 14.4 Å². The van der Waals surface area contributed by atoms with Crippen LogP contribution in [0.15, 0.2) is 78.9 Å². The fourth-order valence-corrected chi connectivity index (χ4v) is 6.44. The quantitative estimate of drug-likeness (QED) is 0.423. The van der Waals surface area contributed by atoms with Crippen LogP contribution in [0, 0.1) is 0 Å². The molecule has 9 heteroatoms. The molecule has 2 saturated heterocycles. The fourth-order valence-electron chi connectivity index (χ4n) is 6.32. The van der Waals surface area contributed by atoms with Crippen LogP contribution in [0.25, 0.3) is 0 Å². The summed E-state index contributed by atoms with van der Waals surface area (Å²) in [5, 5.41) is 10.0. The SMILES string of the molecule is O=C(N[C@H](Cc1ccc(Cl)cc1)C(=O)N1CCC2(CC1)C(=O)NCN2c1ccccc1)[C@H]1Cc2ccccc2CN1. The van der Waals surface area contributed by atoms with Crippen molar-refractivity contribution in [2.24, 2.45) is 0 Å². The lowest BCUT2D eigenvalue weighted by Gasteiger charge is -2.44. The summed E-state index contributed by atoms with van der Waals surface area (Å²) in [4.78, 5) is 44.5. The summed E-state index contributed by atoms with van der Waals surface area (Å²) in [5.74, 6) is -0.321. The third-order valence-electron chi connectivity index (χ3n) is 8.67. The molecule has 0 saturated carbocycles. The predicted octanol–water partition coefficient (Wildman–Crippen LogP) is 3.04. The van der Waals surface area contributed by atoms with Crippen molar-refractivity contribution in [3.05, 3.63) is 101 Å². The molecule has 3 N–H and O–H groups in total. The van der Waals surface area contributed by atoms with Crippen LogP contribution in [0.1, 0.15) is 29.5 Å². The number of nitrogens with one attached hydrogen (secondary N) is 3. The van der Waals surface area contributed by atoms with E-state index in [-0.39, 0.29) is 17.7 Å². The second-order valence-electron chi connectivity index (χ2n) is 11.1. The number of rotatable bonds is 6. The number of fused-ring (bicyclic) bond motifs is 1. The highest BCUT2D eigenvalue weighted by Crippen LogP contribution is 2.36. The van der Waals surface area contributed by atoms with Crippen LogP contribution < -0.4 is 20.9 Å². The Hall–Kier alpha value is -3.88. The largest absolute Gasteiger partial charge is 0.343 e. The molecule has 0 bridgehead atoms. The van der Waals surface area contributed by atoms with E-state index in [0.29, 0.717) is 57.0 Å². The lowest BCUT2D eigenvalue weighted by Crippen LogP contribution is -2.60. The van der Waals surface area contributed by atoms with Gasteiger partial charge >= 0.3 is 0 Å². The molecule has 3 aromatic carbocycles. The van der Waals surface area contributed by atoms with Gasteiger partial charge in [0.25, 0.3) is 0 Å². The molecule has 2 fully saturated rings. The summed E-state index contributed by atoms with van der Waals surface area (Å²) >= 11 is 6.10. The number of carbonyl (C=O) groups excluding carboxylic acids is 3. The van der Waals surface area contributed by atoms with Gasteiger partial charge in [-0.2, -0.15) is 0 Å². The van der Waals surface area contributed by atoms with Crippen molar-refractivity contribution in [3.8, 4) is 0 Å². The molecule has 6 rings (SSSR count). The standard InChI is InChI=1S/C32H34ClN5O3/c33-25-12-10-22(11-13-25)18-28(36-29(39)27-19-23-6-4-5-7-24(23)20-34-27)30(40)37-16-14-32(15-17-37)31(41)35-21-38(32)26-8-2-1-3-9-26/h1-13,27-28,34H,14-21H2,(H,35,41)(H,36,39)/t27-,28-/m1/s1. The summed E-state index contributed by atoms with van der Waals surface area (Å²) in [6.45, 7) is 1.91. The molecule has 0 radical (unpaired) electrons. The van der Waals surface area contributed by atoms with Gasteiger partial charge in [0.05, 0.1) is 12.7 Å². The van der Waals surface area contributed by atoms with Crippen molar-refractivity contribution in [1.29, 1.82) is 0 Å². The molecule has 3 aliphatic rings. The Labute approximate surface area is 245 Å². The molecule has 3 aliphatic heterocycles. The first-order valence-corrected chi connectivity index (χ1v) is 14.6. The summed E-state index contributed by atoms with van der Waals surface area (Å²) in [7, 11) is 0. The molecule has 8 nitrogen and oxygen atoms in total. The summed E-state index contributed by atoms with van der Waals surface area (Å²) in [6, 6.07) is 24.2. The lowest BCUT2D eigenvalue weighted by atomic mass is 9.85. The van der Waals surface area contributed by atoms with Gasteiger partial charge in [0.1, 0.15) is 11.6 Å². The summed E-state index contributed by atoms with van der Waals surface area (Å²) < 4.78 is 0. The summed E-state index contributed by atoms with van der Waals surface area (Å²) in [6.07, 6.45) is 1.95. The minimum Gasteiger partial charge on any atom is -0.343 e. The molecule has 0 aromatic heterocycles. The predicted molar refractivity (Wildman–Crippen MR) is 158 cm³/mol. The molecule has 0 unspecified atom stereocenters. The van der Waals surface area contributed by atoms with Gasteiger partial charge < -0.3 is 25.8 Å². The Morgan fingerprint density at radius 1 is 0.951 bits per heavy atom. The zero-order valence-corrected chi connectivity index (χ0v) is 23.6. The second kappa shape index (κ2) is 11.5. The van der Waals surface area contributed by atoms with E-state index in [1.165, 1.54) is 5.56 Å². The number of para-hydroxylation sites is 1. The number of piperidine rings is 1. The number of hydrogen-bond donors (Lipinski definition) is 3. The van der Waals surface area contributed by atoms with E-state index in [0.717, 1.165) is 16.8 Å². The van der Waals surface area contributed by atoms with Crippen LogP contribution in [0.4, 0.5) is 5.69 Å². The van der Waals surface area contributed by atoms with Gasteiger partial charge in [0.15, 0.2) is 0 Å². The number of anilines is 1. The average Bonchev–Trinajstić information content (AvgIpc) is 3.32. The van der Waals surface area contributed by atoms with E-state index in [2.05, 4.69) is 26.9 Å². The molecule has 3 heterocycles. The molecule has 3 aromatic rings. The van der Waals surface area contributed by atoms with Gasteiger partial charge in [0.2, 0.25) is 17.7 Å². The number of hydrogen-bond acceptors (Lipinski definition) is 5. The Kier molecular flexibility index (Phi) is 7.69. The highest BCUT2D eigenvalue weighted by atomic mass is 35.5. The smallest absolute Gasteiger partial charge is 0.247 e. The lowest BCUT2D eigenvalue weighted by molar-refractivity contribution is -0.139. The van der Waals surface area contributed by atoms with Gasteiger partial charge in [-0.3, -0.25) is 14.4 Å². The third kappa shape index (κ3) is 5.54. The molecule has 41 heavy (non-hydrogen) atoms. The van der Waals surface area contributed by atoms with Crippen molar-refractivity contribution in [2.45, 2.75) is 49.9 Å². The number of halogens is 1. The number of amides is 3. The normalized spacial score (nSPS) is 20.3. The molecular weight excluding hydrogens is 538 g/mol. The molecule has 2 atom stereocenters. The first-order chi connectivity index (χ1) is 19.9. The summed E-state index contributed by atoms with van der Waals surface area (Å²) in [5.41, 5.74) is 3.54. The zero-order valence-electron chi connectivity index (χ0n) is 22.8. The maximum absolute atomic E-state index is 14.0. The van der Waals surface area contributed by atoms with E-state index in [1.807, 2.05) is 60.7 Å². The number of likely N-dealkylation sites (tertiary alicyclic amines) is 1. The van der Waals surface area contributed by atoms with Crippen molar-refractivity contribution in [3.63, 3.8) is 0 Å². The van der Waals surface area contributed by atoms with Crippen LogP contribution in [-0.4, -0.2) is 60.0 Å². The van der Waals surface area contributed by atoms with Gasteiger partial charge in [0, 0.05) is 36.8 Å². The van der Waals surface area contributed by atoms with Crippen molar-refractivity contribution >= 4 is 35.0 Å².